The Morgan fingerprint density at radius 2 is 1.54 bits per heavy atom. The fourth-order valence-corrected chi connectivity index (χ4v) is 4.79. The van der Waals surface area contributed by atoms with Crippen LogP contribution in [-0.2, 0) is 8.87 Å². The number of hydrogen-bond acceptors (Lipinski definition) is 7. The Labute approximate surface area is 144 Å². The molecule has 2 N–H and O–H groups in total. The van der Waals surface area contributed by atoms with Gasteiger partial charge >= 0.3 is 0 Å². The first-order valence-corrected chi connectivity index (χ1v) is 10.00. The summed E-state index contributed by atoms with van der Waals surface area (Å²) in [6, 6.07) is 12.9. The van der Waals surface area contributed by atoms with Crippen molar-refractivity contribution < 1.29 is 28.1 Å². The molecule has 0 aromatic heterocycles. The van der Waals surface area contributed by atoms with Gasteiger partial charge in [-0.2, -0.15) is 0 Å². The Morgan fingerprint density at radius 3 is 2.21 bits per heavy atom. The minimum Gasteiger partial charge on any atom is -0.487 e. The lowest BCUT2D eigenvalue weighted by molar-refractivity contribution is 0.176. The van der Waals surface area contributed by atoms with Gasteiger partial charge in [0, 0.05) is 10.8 Å². The molecule has 0 aliphatic rings. The van der Waals surface area contributed by atoms with E-state index >= 15 is 0 Å². The molecule has 6 nitrogen and oxygen atoms in total. The fraction of sp³-hybridized carbons (Fsp3) is 0.250. The molecule has 24 heavy (non-hydrogen) atoms. The molecule has 0 aliphatic carbocycles. The van der Waals surface area contributed by atoms with Gasteiger partial charge in [0.25, 0.3) is 0 Å². The minimum absolute atomic E-state index is 0.00154. The second-order valence-corrected chi connectivity index (χ2v) is 8.38. The van der Waals surface area contributed by atoms with E-state index in [9.17, 15) is 8.42 Å². The van der Waals surface area contributed by atoms with Gasteiger partial charge in [-0.15, -0.1) is 0 Å². The number of hydrogen-bond donors (Lipinski definition) is 2. The summed E-state index contributed by atoms with van der Waals surface area (Å²) in [6.07, 6.45) is 0. The zero-order valence-electron chi connectivity index (χ0n) is 12.8. The van der Waals surface area contributed by atoms with Crippen molar-refractivity contribution >= 4 is 19.7 Å². The molecule has 0 aliphatic heterocycles. The van der Waals surface area contributed by atoms with Crippen LogP contribution in [0.1, 0.15) is 0 Å². The first kappa shape index (κ1) is 18.6. The average Bonchev–Trinajstić information content (AvgIpc) is 2.59. The summed E-state index contributed by atoms with van der Waals surface area (Å²) in [4.78, 5) is 0.535. The van der Waals surface area contributed by atoms with Crippen LogP contribution in [0.25, 0.3) is 0 Å². The molecular weight excluding hydrogens is 352 g/mol. The van der Waals surface area contributed by atoms with Crippen molar-refractivity contribution in [1.29, 1.82) is 0 Å². The van der Waals surface area contributed by atoms with E-state index in [1.807, 2.05) is 0 Å². The largest absolute Gasteiger partial charge is 0.487 e. The van der Waals surface area contributed by atoms with Crippen LogP contribution in [0, 0.1) is 0 Å². The summed E-state index contributed by atoms with van der Waals surface area (Å²) in [5, 5.41) is 17.9. The van der Waals surface area contributed by atoms with Gasteiger partial charge in [-0.3, -0.25) is 0 Å². The molecule has 0 heterocycles. The molecule has 130 valence electrons. The van der Waals surface area contributed by atoms with E-state index in [0.717, 1.165) is 0 Å². The number of benzene rings is 2. The molecule has 0 saturated carbocycles. The van der Waals surface area contributed by atoms with E-state index < -0.39 is 8.87 Å². The Bertz CT molecular complexity index is 746. The SMILES string of the molecule is O=S(=O)(Sc1cccc(OCCO)c1OCCO)c1ccccc1. The number of rotatable bonds is 9. The van der Waals surface area contributed by atoms with E-state index in [1.165, 1.54) is 12.1 Å². The predicted molar refractivity (Wildman–Crippen MR) is 91.1 cm³/mol. The van der Waals surface area contributed by atoms with Crippen LogP contribution >= 0.6 is 10.8 Å². The fourth-order valence-electron chi connectivity index (χ4n) is 1.87. The predicted octanol–water partition coefficient (Wildman–Crippen LogP) is 1.91. The summed E-state index contributed by atoms with van der Waals surface area (Å²) < 4.78 is 35.9. The van der Waals surface area contributed by atoms with Gasteiger partial charge in [0.2, 0.25) is 8.87 Å². The number of ether oxygens (including phenoxy) is 2. The van der Waals surface area contributed by atoms with E-state index in [2.05, 4.69) is 0 Å². The highest BCUT2D eigenvalue weighted by molar-refractivity contribution is 8.72. The van der Waals surface area contributed by atoms with Crippen molar-refractivity contribution in [2.24, 2.45) is 0 Å². The minimum atomic E-state index is -3.63. The highest BCUT2D eigenvalue weighted by Gasteiger charge is 2.21. The van der Waals surface area contributed by atoms with Crippen molar-refractivity contribution in [1.82, 2.24) is 0 Å². The van der Waals surface area contributed by atoms with Crippen molar-refractivity contribution in [2.75, 3.05) is 26.4 Å². The highest BCUT2D eigenvalue weighted by atomic mass is 33.1. The number of aliphatic hydroxyl groups excluding tert-OH is 2. The standard InChI is InChI=1S/C16H18O6S2/c17-9-11-21-14-7-4-8-15(16(14)22-12-10-18)23-24(19,20)13-5-2-1-3-6-13/h1-8,17-18H,9-12H2. The molecule has 2 aromatic carbocycles. The first-order valence-electron chi connectivity index (χ1n) is 7.18. The average molecular weight is 370 g/mol. The molecule has 0 radical (unpaired) electrons. The van der Waals surface area contributed by atoms with Gasteiger partial charge < -0.3 is 19.7 Å². The van der Waals surface area contributed by atoms with E-state index in [-0.39, 0.29) is 37.1 Å². The summed E-state index contributed by atoms with van der Waals surface area (Å²) in [5.74, 6) is 0.537. The molecular formula is C16H18O6S2. The molecule has 0 amide bonds. The molecule has 0 unspecified atom stereocenters. The molecule has 8 heteroatoms. The third-order valence-corrected chi connectivity index (χ3v) is 6.20. The second kappa shape index (κ2) is 8.93. The summed E-state index contributed by atoms with van der Waals surface area (Å²) in [7, 11) is -2.98. The number of para-hydroxylation sites is 1. The maximum absolute atomic E-state index is 12.5. The lowest BCUT2D eigenvalue weighted by Gasteiger charge is -2.15. The van der Waals surface area contributed by atoms with E-state index in [1.54, 1.807) is 36.4 Å². The quantitative estimate of drug-likeness (QED) is 0.651. The van der Waals surface area contributed by atoms with Gasteiger partial charge in [0.1, 0.15) is 13.2 Å². The van der Waals surface area contributed by atoms with Crippen LogP contribution in [0.15, 0.2) is 58.3 Å². The highest BCUT2D eigenvalue weighted by Crippen LogP contribution is 2.42. The Morgan fingerprint density at radius 1 is 0.875 bits per heavy atom. The van der Waals surface area contributed by atoms with Crippen molar-refractivity contribution in [3.8, 4) is 11.5 Å². The van der Waals surface area contributed by atoms with Gasteiger partial charge in [0.15, 0.2) is 11.5 Å². The Hall–Kier alpha value is -1.74. The Kier molecular flexibility index (Phi) is 6.92. The van der Waals surface area contributed by atoms with Crippen LogP contribution in [0.3, 0.4) is 0 Å². The van der Waals surface area contributed by atoms with E-state index in [0.29, 0.717) is 21.4 Å². The molecule has 2 aromatic rings. The first-order chi connectivity index (χ1) is 11.6. The molecule has 0 bridgehead atoms. The van der Waals surface area contributed by atoms with Gasteiger partial charge in [-0.05, 0) is 24.3 Å². The topological polar surface area (TPSA) is 93.1 Å². The third-order valence-electron chi connectivity index (χ3n) is 2.86. The zero-order chi connectivity index (χ0) is 17.4. The van der Waals surface area contributed by atoms with Gasteiger partial charge in [-0.1, -0.05) is 24.3 Å². The van der Waals surface area contributed by atoms with Crippen LogP contribution in [0.4, 0.5) is 0 Å². The maximum Gasteiger partial charge on any atom is 0.234 e. The smallest absolute Gasteiger partial charge is 0.234 e. The molecule has 0 spiro atoms. The molecule has 0 fully saturated rings. The lowest BCUT2D eigenvalue weighted by Crippen LogP contribution is -2.07. The molecule has 0 atom stereocenters. The zero-order valence-corrected chi connectivity index (χ0v) is 14.4. The van der Waals surface area contributed by atoms with Crippen LogP contribution in [-0.4, -0.2) is 45.1 Å². The second-order valence-electron chi connectivity index (χ2n) is 4.58. The van der Waals surface area contributed by atoms with Crippen LogP contribution in [0.2, 0.25) is 0 Å². The Balaban J connectivity index is 2.34. The molecule has 2 rings (SSSR count). The van der Waals surface area contributed by atoms with Crippen molar-refractivity contribution in [2.45, 2.75) is 9.79 Å². The van der Waals surface area contributed by atoms with Gasteiger partial charge in [-0.25, -0.2) is 8.42 Å². The summed E-state index contributed by atoms with van der Waals surface area (Å²) in [6.45, 7) is -0.351. The monoisotopic (exact) mass is 370 g/mol. The van der Waals surface area contributed by atoms with E-state index in [4.69, 9.17) is 19.7 Å². The lowest BCUT2D eigenvalue weighted by atomic mass is 10.3. The number of aliphatic hydroxyl groups is 2. The molecule has 0 saturated heterocycles. The van der Waals surface area contributed by atoms with Crippen molar-refractivity contribution in [3.63, 3.8) is 0 Å². The van der Waals surface area contributed by atoms with Gasteiger partial charge in [0.05, 0.1) is 23.0 Å². The summed E-state index contributed by atoms with van der Waals surface area (Å²) >= 11 is 0. The third kappa shape index (κ3) is 4.88. The van der Waals surface area contributed by atoms with Crippen LogP contribution in [0.5, 0.6) is 11.5 Å². The summed E-state index contributed by atoms with van der Waals surface area (Å²) in [5.41, 5.74) is 0. The van der Waals surface area contributed by atoms with Crippen LogP contribution < -0.4 is 9.47 Å². The van der Waals surface area contributed by atoms with Crippen molar-refractivity contribution in [3.05, 3.63) is 48.5 Å². The normalized spacial score (nSPS) is 11.2. The maximum atomic E-state index is 12.5.